The first-order valence-electron chi connectivity index (χ1n) is 7.16. The summed E-state index contributed by atoms with van der Waals surface area (Å²) in [6.07, 6.45) is 4.71. The minimum Gasteiger partial charge on any atom is -0.461 e. The van der Waals surface area contributed by atoms with Gasteiger partial charge in [-0.1, -0.05) is 13.8 Å². The van der Waals surface area contributed by atoms with Crippen LogP contribution in [0, 0.1) is 5.92 Å². The topological polar surface area (TPSA) is 81.4 Å². The van der Waals surface area contributed by atoms with Gasteiger partial charge in [-0.05, 0) is 44.9 Å². The molecule has 1 saturated carbocycles. The molecular formula is C14H27ClN2O3. The van der Waals surface area contributed by atoms with Crippen molar-refractivity contribution >= 4 is 24.3 Å². The Hall–Kier alpha value is -0.810. The molecule has 5 nitrogen and oxygen atoms in total. The Balaban J connectivity index is 0.00000361. The van der Waals surface area contributed by atoms with E-state index in [2.05, 4.69) is 5.32 Å². The van der Waals surface area contributed by atoms with Crippen molar-refractivity contribution < 1.29 is 14.3 Å². The second-order valence-electron chi connectivity index (χ2n) is 5.81. The Morgan fingerprint density at radius 1 is 1.25 bits per heavy atom. The Bertz CT molecular complexity index is 318. The SMILES string of the molecule is CC(C)C[C@H](N)C(=O)N[C@@H](C)C(=O)OC1CCCC1.Cl. The molecule has 1 fully saturated rings. The molecule has 1 amide bonds. The first-order chi connectivity index (χ1) is 8.90. The van der Waals surface area contributed by atoms with E-state index in [1.807, 2.05) is 13.8 Å². The number of esters is 1. The number of hydrogen-bond acceptors (Lipinski definition) is 4. The van der Waals surface area contributed by atoms with E-state index in [9.17, 15) is 9.59 Å². The van der Waals surface area contributed by atoms with E-state index in [4.69, 9.17) is 10.5 Å². The van der Waals surface area contributed by atoms with Gasteiger partial charge in [0.2, 0.25) is 5.91 Å². The minimum absolute atomic E-state index is 0. The molecule has 0 aromatic heterocycles. The summed E-state index contributed by atoms with van der Waals surface area (Å²) >= 11 is 0. The fraction of sp³-hybridized carbons (Fsp3) is 0.857. The van der Waals surface area contributed by atoms with Crippen molar-refractivity contribution in [2.45, 2.75) is 71.1 Å². The van der Waals surface area contributed by atoms with Gasteiger partial charge in [0.05, 0.1) is 6.04 Å². The van der Waals surface area contributed by atoms with Gasteiger partial charge in [0.15, 0.2) is 0 Å². The van der Waals surface area contributed by atoms with Crippen LogP contribution >= 0.6 is 12.4 Å². The summed E-state index contributed by atoms with van der Waals surface area (Å²) < 4.78 is 5.34. The summed E-state index contributed by atoms with van der Waals surface area (Å²) in [4.78, 5) is 23.6. The Labute approximate surface area is 127 Å². The van der Waals surface area contributed by atoms with Gasteiger partial charge in [-0.15, -0.1) is 12.4 Å². The number of hydrogen-bond donors (Lipinski definition) is 2. The van der Waals surface area contributed by atoms with Gasteiger partial charge in [-0.25, -0.2) is 4.79 Å². The van der Waals surface area contributed by atoms with Gasteiger partial charge in [0.25, 0.3) is 0 Å². The zero-order valence-electron chi connectivity index (χ0n) is 12.6. The van der Waals surface area contributed by atoms with E-state index in [0.29, 0.717) is 12.3 Å². The minimum atomic E-state index is -0.633. The third kappa shape index (κ3) is 6.57. The van der Waals surface area contributed by atoms with Crippen LogP contribution in [0.1, 0.15) is 52.9 Å². The Kier molecular flexibility index (Phi) is 8.81. The van der Waals surface area contributed by atoms with Crippen LogP contribution < -0.4 is 11.1 Å². The average Bonchev–Trinajstić information content (AvgIpc) is 2.80. The lowest BCUT2D eigenvalue weighted by Crippen LogP contribution is -2.48. The van der Waals surface area contributed by atoms with Crippen molar-refractivity contribution in [3.05, 3.63) is 0 Å². The van der Waals surface area contributed by atoms with Gasteiger partial charge in [-0.3, -0.25) is 4.79 Å². The second-order valence-corrected chi connectivity index (χ2v) is 5.81. The van der Waals surface area contributed by atoms with Crippen LogP contribution in [-0.2, 0) is 14.3 Å². The number of carbonyl (C=O) groups is 2. The monoisotopic (exact) mass is 306 g/mol. The number of nitrogens with two attached hydrogens (primary N) is 1. The number of nitrogens with one attached hydrogen (secondary N) is 1. The van der Waals surface area contributed by atoms with Gasteiger partial charge in [0, 0.05) is 0 Å². The van der Waals surface area contributed by atoms with Crippen LogP contribution in [0.2, 0.25) is 0 Å². The van der Waals surface area contributed by atoms with E-state index < -0.39 is 12.1 Å². The molecule has 0 aromatic carbocycles. The van der Waals surface area contributed by atoms with Gasteiger partial charge in [-0.2, -0.15) is 0 Å². The molecule has 0 aromatic rings. The molecule has 1 aliphatic carbocycles. The highest BCUT2D eigenvalue weighted by Gasteiger charge is 2.25. The van der Waals surface area contributed by atoms with Crippen LogP contribution in [0.3, 0.4) is 0 Å². The largest absolute Gasteiger partial charge is 0.461 e. The fourth-order valence-corrected chi connectivity index (χ4v) is 2.27. The highest BCUT2D eigenvalue weighted by molar-refractivity contribution is 5.87. The van der Waals surface area contributed by atoms with Crippen LogP contribution in [-0.4, -0.2) is 30.1 Å². The maximum atomic E-state index is 11.8. The van der Waals surface area contributed by atoms with Gasteiger partial charge in [0.1, 0.15) is 12.1 Å². The van der Waals surface area contributed by atoms with E-state index in [1.54, 1.807) is 6.92 Å². The molecule has 20 heavy (non-hydrogen) atoms. The number of ether oxygens (including phenoxy) is 1. The van der Waals surface area contributed by atoms with Crippen LogP contribution in [0.15, 0.2) is 0 Å². The quantitative estimate of drug-likeness (QED) is 0.733. The van der Waals surface area contributed by atoms with Gasteiger partial charge >= 0.3 is 5.97 Å². The maximum absolute atomic E-state index is 11.8. The number of carbonyl (C=O) groups excluding carboxylic acids is 2. The standard InChI is InChI=1S/C14H26N2O3.ClH/c1-9(2)8-12(15)13(17)16-10(3)14(18)19-11-6-4-5-7-11;/h9-12H,4-8,15H2,1-3H3,(H,16,17);1H/t10-,12-;/m0./s1. The molecule has 0 spiro atoms. The molecule has 1 aliphatic rings. The van der Waals surface area contributed by atoms with Crippen molar-refractivity contribution in [2.24, 2.45) is 11.7 Å². The maximum Gasteiger partial charge on any atom is 0.328 e. The van der Waals surface area contributed by atoms with Crippen molar-refractivity contribution in [2.75, 3.05) is 0 Å². The normalized spacial score (nSPS) is 18.2. The molecule has 3 N–H and O–H groups in total. The predicted molar refractivity (Wildman–Crippen MR) is 80.6 cm³/mol. The molecule has 118 valence electrons. The van der Waals surface area contributed by atoms with E-state index in [-0.39, 0.29) is 30.4 Å². The zero-order valence-corrected chi connectivity index (χ0v) is 13.4. The lowest BCUT2D eigenvalue weighted by molar-refractivity contribution is -0.152. The highest BCUT2D eigenvalue weighted by Crippen LogP contribution is 2.21. The van der Waals surface area contributed by atoms with Crippen LogP contribution in [0.5, 0.6) is 0 Å². The predicted octanol–water partition coefficient (Wildman–Crippen LogP) is 1.77. The third-order valence-corrected chi connectivity index (χ3v) is 3.36. The summed E-state index contributed by atoms with van der Waals surface area (Å²) in [5.41, 5.74) is 5.77. The van der Waals surface area contributed by atoms with Crippen molar-refractivity contribution in [1.82, 2.24) is 5.32 Å². The summed E-state index contributed by atoms with van der Waals surface area (Å²) in [5.74, 6) is -0.303. The number of amides is 1. The molecule has 0 saturated heterocycles. The first kappa shape index (κ1) is 19.2. The summed E-state index contributed by atoms with van der Waals surface area (Å²) in [6, 6.07) is -1.20. The molecule has 0 heterocycles. The molecule has 0 radical (unpaired) electrons. The molecule has 0 aliphatic heterocycles. The molecule has 0 bridgehead atoms. The molecule has 6 heteroatoms. The zero-order chi connectivity index (χ0) is 14.4. The highest BCUT2D eigenvalue weighted by atomic mass is 35.5. The molecular weight excluding hydrogens is 280 g/mol. The molecule has 1 rings (SSSR count). The van der Waals surface area contributed by atoms with E-state index in [1.165, 1.54) is 0 Å². The lowest BCUT2D eigenvalue weighted by atomic mass is 10.0. The second kappa shape index (κ2) is 9.19. The first-order valence-corrected chi connectivity index (χ1v) is 7.16. The number of halogens is 1. The van der Waals surface area contributed by atoms with Crippen molar-refractivity contribution in [3.8, 4) is 0 Å². The fourth-order valence-electron chi connectivity index (χ4n) is 2.27. The molecule has 2 atom stereocenters. The van der Waals surface area contributed by atoms with Crippen molar-refractivity contribution in [1.29, 1.82) is 0 Å². The third-order valence-electron chi connectivity index (χ3n) is 3.36. The van der Waals surface area contributed by atoms with E-state index >= 15 is 0 Å². The average molecular weight is 307 g/mol. The molecule has 0 unspecified atom stereocenters. The van der Waals surface area contributed by atoms with Crippen LogP contribution in [0.25, 0.3) is 0 Å². The lowest BCUT2D eigenvalue weighted by Gasteiger charge is -2.19. The summed E-state index contributed by atoms with van der Waals surface area (Å²) in [7, 11) is 0. The summed E-state index contributed by atoms with van der Waals surface area (Å²) in [6.45, 7) is 5.65. The Morgan fingerprint density at radius 3 is 2.30 bits per heavy atom. The number of rotatable bonds is 6. The van der Waals surface area contributed by atoms with Crippen molar-refractivity contribution in [3.63, 3.8) is 0 Å². The summed E-state index contributed by atoms with van der Waals surface area (Å²) in [5, 5.41) is 2.62. The van der Waals surface area contributed by atoms with Crippen LogP contribution in [0.4, 0.5) is 0 Å². The van der Waals surface area contributed by atoms with E-state index in [0.717, 1.165) is 25.7 Å². The smallest absolute Gasteiger partial charge is 0.328 e. The van der Waals surface area contributed by atoms with Gasteiger partial charge < -0.3 is 15.8 Å². The Morgan fingerprint density at radius 2 is 1.80 bits per heavy atom.